The summed E-state index contributed by atoms with van der Waals surface area (Å²) < 4.78 is 2.13. The first-order valence-electron chi connectivity index (χ1n) is 11.3. The van der Waals surface area contributed by atoms with Crippen molar-refractivity contribution < 1.29 is 0 Å². The van der Waals surface area contributed by atoms with Gasteiger partial charge in [0, 0.05) is 79.9 Å². The largest absolute Gasteiger partial charge is 0.354 e. The molecule has 4 aromatic rings. The number of hydrogen-bond donors (Lipinski definition) is 1. The van der Waals surface area contributed by atoms with Gasteiger partial charge in [-0.25, -0.2) is 9.97 Å². The van der Waals surface area contributed by atoms with E-state index in [1.54, 1.807) is 0 Å². The lowest BCUT2D eigenvalue weighted by atomic mass is 10.0. The highest BCUT2D eigenvalue weighted by Crippen LogP contribution is 2.33. The van der Waals surface area contributed by atoms with Crippen LogP contribution in [0.25, 0.3) is 33.3 Å². The van der Waals surface area contributed by atoms with E-state index in [0.29, 0.717) is 0 Å². The number of fused-ring (bicyclic) bond motifs is 2. The standard InChI is InChI=1S/C24H28N8/c1-29-5-8-31(9-6-29)23-12-17(3-4-25-23)20-14-27-24-19(20)11-18(13-26-24)21-15-28-32-10-7-30(2)16-22(21)32/h3-4,11-15H,5-10,16H2,1-2H3,(H,26,27). The van der Waals surface area contributed by atoms with Crippen molar-refractivity contribution >= 4 is 16.9 Å². The van der Waals surface area contributed by atoms with Crippen LogP contribution in [0.3, 0.4) is 0 Å². The Bertz CT molecular complexity index is 1260. The number of likely N-dealkylation sites (N-methyl/N-ethyl adjacent to an activating group) is 2. The fraction of sp³-hybridized carbons (Fsp3) is 0.375. The van der Waals surface area contributed by atoms with Crippen molar-refractivity contribution in [3.8, 4) is 22.3 Å². The molecular weight excluding hydrogens is 400 g/mol. The maximum Gasteiger partial charge on any atom is 0.137 e. The summed E-state index contributed by atoms with van der Waals surface area (Å²) in [5.74, 6) is 1.04. The zero-order valence-electron chi connectivity index (χ0n) is 18.6. The van der Waals surface area contributed by atoms with E-state index in [4.69, 9.17) is 4.98 Å². The second-order valence-corrected chi connectivity index (χ2v) is 8.98. The van der Waals surface area contributed by atoms with Gasteiger partial charge in [0.1, 0.15) is 11.5 Å². The Labute approximate surface area is 187 Å². The van der Waals surface area contributed by atoms with Crippen LogP contribution >= 0.6 is 0 Å². The highest BCUT2D eigenvalue weighted by molar-refractivity contribution is 5.96. The van der Waals surface area contributed by atoms with Crippen LogP contribution in [0.2, 0.25) is 0 Å². The summed E-state index contributed by atoms with van der Waals surface area (Å²) in [6.07, 6.45) is 7.92. The lowest BCUT2D eigenvalue weighted by Crippen LogP contribution is -2.44. The van der Waals surface area contributed by atoms with E-state index in [2.05, 4.69) is 72.9 Å². The second kappa shape index (κ2) is 7.72. The number of nitrogens with zero attached hydrogens (tertiary/aromatic N) is 7. The van der Waals surface area contributed by atoms with Gasteiger partial charge < -0.3 is 14.8 Å². The SMILES string of the molecule is CN1CCN(c2cc(-c3c[nH]c4ncc(-c5cnn6c5CN(C)CC6)cc34)ccn2)CC1. The Kier molecular flexibility index (Phi) is 4.69. The Morgan fingerprint density at radius 2 is 1.69 bits per heavy atom. The van der Waals surface area contributed by atoms with Crippen molar-refractivity contribution in [2.45, 2.75) is 13.1 Å². The molecule has 6 heterocycles. The molecule has 0 unspecified atom stereocenters. The molecule has 0 saturated carbocycles. The number of anilines is 1. The Balaban J connectivity index is 1.38. The van der Waals surface area contributed by atoms with Crippen molar-refractivity contribution in [3.63, 3.8) is 0 Å². The van der Waals surface area contributed by atoms with Crippen molar-refractivity contribution in [3.05, 3.63) is 48.7 Å². The number of nitrogens with one attached hydrogen (secondary N) is 1. The van der Waals surface area contributed by atoms with Crippen LogP contribution in [0.1, 0.15) is 5.69 Å². The Morgan fingerprint density at radius 3 is 2.56 bits per heavy atom. The molecule has 8 heteroatoms. The molecule has 1 N–H and O–H groups in total. The fourth-order valence-electron chi connectivity index (χ4n) is 4.80. The molecule has 0 amide bonds. The molecule has 32 heavy (non-hydrogen) atoms. The number of pyridine rings is 2. The number of rotatable bonds is 3. The first-order valence-corrected chi connectivity index (χ1v) is 11.3. The summed E-state index contributed by atoms with van der Waals surface area (Å²) in [5.41, 5.74) is 6.77. The zero-order valence-corrected chi connectivity index (χ0v) is 18.6. The third kappa shape index (κ3) is 3.36. The summed E-state index contributed by atoms with van der Waals surface area (Å²) >= 11 is 0. The molecule has 6 rings (SSSR count). The van der Waals surface area contributed by atoms with E-state index in [1.807, 2.05) is 18.6 Å². The van der Waals surface area contributed by atoms with Crippen LogP contribution in [-0.4, -0.2) is 81.4 Å². The fourth-order valence-corrected chi connectivity index (χ4v) is 4.80. The van der Waals surface area contributed by atoms with Crippen LogP contribution in [0.4, 0.5) is 5.82 Å². The van der Waals surface area contributed by atoms with Gasteiger partial charge in [0.05, 0.1) is 18.4 Å². The average Bonchev–Trinajstić information content (AvgIpc) is 3.43. The average molecular weight is 429 g/mol. The molecule has 0 atom stereocenters. The number of hydrogen-bond acceptors (Lipinski definition) is 6. The molecule has 0 bridgehead atoms. The van der Waals surface area contributed by atoms with Crippen LogP contribution in [0.5, 0.6) is 0 Å². The number of aromatic nitrogens is 5. The molecule has 0 radical (unpaired) electrons. The van der Waals surface area contributed by atoms with Crippen LogP contribution in [-0.2, 0) is 13.1 Å². The molecule has 8 nitrogen and oxygen atoms in total. The van der Waals surface area contributed by atoms with Gasteiger partial charge in [0.15, 0.2) is 0 Å². The molecule has 0 spiro atoms. The van der Waals surface area contributed by atoms with Crippen LogP contribution in [0, 0.1) is 0 Å². The second-order valence-electron chi connectivity index (χ2n) is 8.98. The van der Waals surface area contributed by atoms with Gasteiger partial charge in [-0.2, -0.15) is 5.10 Å². The minimum atomic E-state index is 0.903. The van der Waals surface area contributed by atoms with Gasteiger partial charge in [-0.05, 0) is 37.9 Å². The van der Waals surface area contributed by atoms with E-state index >= 15 is 0 Å². The predicted octanol–water partition coefficient (Wildman–Crippen LogP) is 2.69. The monoisotopic (exact) mass is 428 g/mol. The van der Waals surface area contributed by atoms with Crippen molar-refractivity contribution in [2.24, 2.45) is 0 Å². The molecule has 1 fully saturated rings. The van der Waals surface area contributed by atoms with Gasteiger partial charge in [0.25, 0.3) is 0 Å². The molecule has 4 aromatic heterocycles. The van der Waals surface area contributed by atoms with E-state index in [-0.39, 0.29) is 0 Å². The quantitative estimate of drug-likeness (QED) is 0.541. The van der Waals surface area contributed by atoms with Gasteiger partial charge in [-0.3, -0.25) is 9.58 Å². The maximum absolute atomic E-state index is 4.73. The maximum atomic E-state index is 4.73. The van der Waals surface area contributed by atoms with E-state index < -0.39 is 0 Å². The smallest absolute Gasteiger partial charge is 0.137 e. The first kappa shape index (κ1) is 19.5. The molecule has 1 saturated heterocycles. The Morgan fingerprint density at radius 1 is 0.844 bits per heavy atom. The van der Waals surface area contributed by atoms with Gasteiger partial charge in [0.2, 0.25) is 0 Å². The van der Waals surface area contributed by atoms with E-state index in [0.717, 1.165) is 79.4 Å². The van der Waals surface area contributed by atoms with Gasteiger partial charge in [-0.15, -0.1) is 0 Å². The third-order valence-electron chi connectivity index (χ3n) is 6.79. The predicted molar refractivity (Wildman–Crippen MR) is 127 cm³/mol. The van der Waals surface area contributed by atoms with Crippen molar-refractivity contribution in [2.75, 3.05) is 51.7 Å². The summed E-state index contributed by atoms with van der Waals surface area (Å²) in [7, 11) is 4.33. The minimum absolute atomic E-state index is 0.903. The van der Waals surface area contributed by atoms with Gasteiger partial charge >= 0.3 is 0 Å². The summed E-state index contributed by atoms with van der Waals surface area (Å²) in [6.45, 7) is 7.02. The van der Waals surface area contributed by atoms with E-state index in [9.17, 15) is 0 Å². The number of H-pyrrole nitrogens is 1. The van der Waals surface area contributed by atoms with Crippen molar-refractivity contribution in [1.29, 1.82) is 0 Å². The Hall–Kier alpha value is -3.23. The third-order valence-corrected chi connectivity index (χ3v) is 6.79. The highest BCUT2D eigenvalue weighted by Gasteiger charge is 2.20. The minimum Gasteiger partial charge on any atom is -0.354 e. The molecule has 164 valence electrons. The normalized spacial score (nSPS) is 17.8. The topological polar surface area (TPSA) is 69.1 Å². The summed E-state index contributed by atoms with van der Waals surface area (Å²) in [4.78, 5) is 19.8. The van der Waals surface area contributed by atoms with E-state index in [1.165, 1.54) is 11.3 Å². The number of piperazine rings is 1. The molecule has 2 aliphatic heterocycles. The molecule has 2 aliphatic rings. The van der Waals surface area contributed by atoms with Crippen molar-refractivity contribution in [1.82, 2.24) is 34.5 Å². The lowest BCUT2D eigenvalue weighted by Gasteiger charge is -2.33. The van der Waals surface area contributed by atoms with Crippen LogP contribution in [0.15, 0.2) is 43.0 Å². The highest BCUT2D eigenvalue weighted by atomic mass is 15.3. The van der Waals surface area contributed by atoms with Crippen LogP contribution < -0.4 is 4.90 Å². The van der Waals surface area contributed by atoms with Gasteiger partial charge in [-0.1, -0.05) is 0 Å². The summed E-state index contributed by atoms with van der Waals surface area (Å²) in [6, 6.07) is 6.54. The number of aromatic amines is 1. The molecule has 0 aliphatic carbocycles. The lowest BCUT2D eigenvalue weighted by molar-refractivity contribution is 0.259. The zero-order chi connectivity index (χ0) is 21.7. The molecule has 0 aromatic carbocycles. The first-order chi connectivity index (χ1) is 15.7. The summed E-state index contributed by atoms with van der Waals surface area (Å²) in [5, 5.41) is 5.75. The molecular formula is C24H28N8.